The van der Waals surface area contributed by atoms with Crippen LogP contribution in [0.2, 0.25) is 0 Å². The molecule has 1 aliphatic rings. The summed E-state index contributed by atoms with van der Waals surface area (Å²) in [5.74, 6) is -0.0497. The number of benzene rings is 1. The van der Waals surface area contributed by atoms with Gasteiger partial charge in [0.25, 0.3) is 5.56 Å². The van der Waals surface area contributed by atoms with Gasteiger partial charge in [-0.15, -0.1) is 0 Å². The van der Waals surface area contributed by atoms with Gasteiger partial charge in [0.15, 0.2) is 11.9 Å². The van der Waals surface area contributed by atoms with Crippen LogP contribution in [0.15, 0.2) is 35.1 Å². The van der Waals surface area contributed by atoms with E-state index in [9.17, 15) is 9.59 Å². The van der Waals surface area contributed by atoms with Gasteiger partial charge in [0, 0.05) is 17.4 Å². The van der Waals surface area contributed by atoms with E-state index in [1.165, 1.54) is 0 Å². The molecule has 0 radical (unpaired) electrons. The third-order valence-electron chi connectivity index (χ3n) is 4.92. The van der Waals surface area contributed by atoms with Gasteiger partial charge < -0.3 is 14.3 Å². The Hall–Kier alpha value is -2.89. The molecule has 1 fully saturated rings. The quantitative estimate of drug-likeness (QED) is 0.729. The second kappa shape index (κ2) is 6.12. The molecule has 1 aromatic carbocycles. The van der Waals surface area contributed by atoms with Gasteiger partial charge in [-0.1, -0.05) is 12.1 Å². The van der Waals surface area contributed by atoms with Crippen LogP contribution >= 0.6 is 0 Å². The van der Waals surface area contributed by atoms with Gasteiger partial charge in [0.2, 0.25) is 0 Å². The molecule has 0 bridgehead atoms. The monoisotopic (exact) mass is 351 g/mol. The van der Waals surface area contributed by atoms with Gasteiger partial charge in [-0.25, -0.2) is 9.78 Å². The third-order valence-corrected chi connectivity index (χ3v) is 4.92. The van der Waals surface area contributed by atoms with Crippen molar-refractivity contribution in [3.05, 3.63) is 63.5 Å². The number of nitrogens with one attached hydrogen (secondary N) is 1. The molecule has 6 heteroatoms. The lowest BCUT2D eigenvalue weighted by molar-refractivity contribution is 0.0319. The number of aromatic amines is 1. The lowest BCUT2D eigenvalue weighted by Gasteiger charge is -2.13. The SMILES string of the molecule is Cc1cc(C(=O)OC(C)c2nc3ccccc3c(=O)[nH]2)c(C)n1C1CC1. The molecule has 0 spiro atoms. The van der Waals surface area contributed by atoms with Crippen molar-refractivity contribution in [3.63, 3.8) is 0 Å². The number of fused-ring (bicyclic) bond motifs is 1. The predicted octanol–water partition coefficient (Wildman–Crippen LogP) is 3.59. The number of H-pyrrole nitrogens is 1. The molecule has 1 N–H and O–H groups in total. The third kappa shape index (κ3) is 2.81. The molecule has 2 aromatic heterocycles. The van der Waals surface area contributed by atoms with Gasteiger partial charge >= 0.3 is 5.97 Å². The van der Waals surface area contributed by atoms with Crippen LogP contribution in [0, 0.1) is 13.8 Å². The average Bonchev–Trinajstić information content (AvgIpc) is 3.39. The van der Waals surface area contributed by atoms with Crippen molar-refractivity contribution >= 4 is 16.9 Å². The van der Waals surface area contributed by atoms with Crippen molar-refractivity contribution in [1.82, 2.24) is 14.5 Å². The van der Waals surface area contributed by atoms with Crippen LogP contribution in [0.3, 0.4) is 0 Å². The molecule has 0 saturated heterocycles. The minimum absolute atomic E-state index is 0.236. The number of ether oxygens (including phenoxy) is 1. The van der Waals surface area contributed by atoms with Crippen molar-refractivity contribution in [3.8, 4) is 0 Å². The molecular formula is C20H21N3O3. The first kappa shape index (κ1) is 16.6. The molecule has 3 aromatic rings. The van der Waals surface area contributed by atoms with E-state index in [-0.39, 0.29) is 5.56 Å². The molecule has 2 heterocycles. The van der Waals surface area contributed by atoms with Gasteiger partial charge in [-0.05, 0) is 51.8 Å². The van der Waals surface area contributed by atoms with Crippen molar-refractivity contribution in [2.75, 3.05) is 0 Å². The lowest BCUT2D eigenvalue weighted by Crippen LogP contribution is -2.17. The zero-order chi connectivity index (χ0) is 18.4. The number of rotatable bonds is 4. The smallest absolute Gasteiger partial charge is 0.340 e. The Kier molecular flexibility index (Phi) is 3.90. The summed E-state index contributed by atoms with van der Waals surface area (Å²) in [6.45, 7) is 5.67. The Balaban J connectivity index is 1.60. The average molecular weight is 351 g/mol. The molecule has 4 rings (SSSR count). The topological polar surface area (TPSA) is 77.0 Å². The second-order valence-corrected chi connectivity index (χ2v) is 6.90. The lowest BCUT2D eigenvalue weighted by atomic mass is 10.2. The number of aromatic nitrogens is 3. The Labute approximate surface area is 150 Å². The van der Waals surface area contributed by atoms with Gasteiger partial charge in [0.05, 0.1) is 16.5 Å². The minimum atomic E-state index is -0.649. The van der Waals surface area contributed by atoms with E-state index in [0.717, 1.165) is 24.2 Å². The first-order valence-corrected chi connectivity index (χ1v) is 8.84. The van der Waals surface area contributed by atoms with Gasteiger partial charge in [-0.3, -0.25) is 4.79 Å². The largest absolute Gasteiger partial charge is 0.451 e. The molecule has 26 heavy (non-hydrogen) atoms. The number of carbonyl (C=O) groups is 1. The van der Waals surface area contributed by atoms with E-state index in [1.54, 1.807) is 25.1 Å². The van der Waals surface area contributed by atoms with Gasteiger partial charge in [-0.2, -0.15) is 0 Å². The summed E-state index contributed by atoms with van der Waals surface area (Å²) < 4.78 is 7.80. The Morgan fingerprint density at radius 1 is 1.31 bits per heavy atom. The van der Waals surface area contributed by atoms with E-state index >= 15 is 0 Å². The summed E-state index contributed by atoms with van der Waals surface area (Å²) in [5.41, 5.74) is 2.93. The zero-order valence-electron chi connectivity index (χ0n) is 15.1. The predicted molar refractivity (Wildman–Crippen MR) is 98.4 cm³/mol. The summed E-state index contributed by atoms with van der Waals surface area (Å²) >= 11 is 0. The van der Waals surface area contributed by atoms with Crippen LogP contribution in [-0.4, -0.2) is 20.5 Å². The van der Waals surface area contributed by atoms with Crippen molar-refractivity contribution in [1.29, 1.82) is 0 Å². The summed E-state index contributed by atoms with van der Waals surface area (Å²) in [4.78, 5) is 32.0. The molecule has 1 atom stereocenters. The molecular weight excluding hydrogens is 330 g/mol. The standard InChI is InChI=1S/C20H21N3O3/c1-11-10-16(12(2)23(11)14-8-9-14)20(25)26-13(3)18-21-17-7-5-4-6-15(17)19(24)22-18/h4-7,10,13-14H,8-9H2,1-3H3,(H,21,22,24). The first-order chi connectivity index (χ1) is 12.5. The maximum absolute atomic E-state index is 12.7. The fourth-order valence-corrected chi connectivity index (χ4v) is 3.46. The van der Waals surface area contributed by atoms with Crippen LogP contribution < -0.4 is 5.56 Å². The van der Waals surface area contributed by atoms with E-state index in [1.807, 2.05) is 26.0 Å². The van der Waals surface area contributed by atoms with E-state index in [4.69, 9.17) is 4.74 Å². The Morgan fingerprint density at radius 3 is 2.77 bits per heavy atom. The highest BCUT2D eigenvalue weighted by Crippen LogP contribution is 2.38. The van der Waals surface area contributed by atoms with E-state index < -0.39 is 12.1 Å². The molecule has 6 nitrogen and oxygen atoms in total. The fourth-order valence-electron chi connectivity index (χ4n) is 3.46. The first-order valence-electron chi connectivity index (χ1n) is 8.84. The molecule has 1 saturated carbocycles. The van der Waals surface area contributed by atoms with Crippen molar-refractivity contribution in [2.45, 2.75) is 45.8 Å². The number of carbonyl (C=O) groups excluding carboxylic acids is 1. The number of hydrogen-bond donors (Lipinski definition) is 1. The number of para-hydroxylation sites is 1. The number of nitrogens with zero attached hydrogens (tertiary/aromatic N) is 2. The summed E-state index contributed by atoms with van der Waals surface area (Å²) in [6, 6.07) is 9.48. The van der Waals surface area contributed by atoms with Crippen LogP contribution in [0.5, 0.6) is 0 Å². The van der Waals surface area contributed by atoms with Crippen LogP contribution in [-0.2, 0) is 4.74 Å². The summed E-state index contributed by atoms with van der Waals surface area (Å²) in [5, 5.41) is 0.516. The van der Waals surface area contributed by atoms with Crippen LogP contribution in [0.25, 0.3) is 10.9 Å². The number of aryl methyl sites for hydroxylation is 1. The highest BCUT2D eigenvalue weighted by molar-refractivity contribution is 5.91. The van der Waals surface area contributed by atoms with Crippen LogP contribution in [0.1, 0.15) is 59.5 Å². The zero-order valence-corrected chi connectivity index (χ0v) is 15.1. The van der Waals surface area contributed by atoms with Gasteiger partial charge in [0.1, 0.15) is 0 Å². The normalized spacial score (nSPS) is 15.2. The number of hydrogen-bond acceptors (Lipinski definition) is 4. The molecule has 1 unspecified atom stereocenters. The van der Waals surface area contributed by atoms with Crippen molar-refractivity contribution in [2.24, 2.45) is 0 Å². The van der Waals surface area contributed by atoms with E-state index in [2.05, 4.69) is 14.5 Å². The van der Waals surface area contributed by atoms with E-state index in [0.29, 0.717) is 28.3 Å². The number of esters is 1. The summed E-state index contributed by atoms with van der Waals surface area (Å²) in [7, 11) is 0. The molecule has 134 valence electrons. The Morgan fingerprint density at radius 2 is 2.04 bits per heavy atom. The fraction of sp³-hybridized carbons (Fsp3) is 0.350. The maximum atomic E-state index is 12.7. The molecule has 1 aliphatic carbocycles. The second-order valence-electron chi connectivity index (χ2n) is 6.90. The molecule has 0 aliphatic heterocycles. The Bertz CT molecular complexity index is 1060. The highest BCUT2D eigenvalue weighted by Gasteiger charge is 2.29. The summed E-state index contributed by atoms with van der Waals surface area (Å²) in [6.07, 6.45) is 1.66. The van der Waals surface area contributed by atoms with Crippen molar-refractivity contribution < 1.29 is 9.53 Å². The minimum Gasteiger partial charge on any atom is -0.451 e. The maximum Gasteiger partial charge on any atom is 0.340 e. The molecule has 0 amide bonds. The highest BCUT2D eigenvalue weighted by atomic mass is 16.5. The van der Waals surface area contributed by atoms with Crippen LogP contribution in [0.4, 0.5) is 0 Å².